The lowest BCUT2D eigenvalue weighted by Crippen LogP contribution is -2.42. The number of allylic oxidation sites excluding steroid dienone is 1. The molecular formula is C10H18N2. The molecule has 1 saturated heterocycles. The second-order valence-electron chi connectivity index (χ2n) is 3.58. The Labute approximate surface area is 74.7 Å². The molecule has 0 bridgehead atoms. The van der Waals surface area contributed by atoms with E-state index in [-0.39, 0.29) is 0 Å². The van der Waals surface area contributed by atoms with Crippen LogP contribution in [0.1, 0.15) is 19.8 Å². The van der Waals surface area contributed by atoms with E-state index in [0.717, 1.165) is 30.8 Å². The number of likely N-dealkylation sites (tertiary alicyclic amines) is 1. The predicted molar refractivity (Wildman–Crippen MR) is 52.7 cm³/mol. The minimum Gasteiger partial charge on any atom is -0.370 e. The van der Waals surface area contributed by atoms with Gasteiger partial charge in [-0.05, 0) is 25.3 Å². The molecule has 0 aromatic rings. The Morgan fingerprint density at radius 2 is 2.17 bits per heavy atom. The lowest BCUT2D eigenvalue weighted by atomic mass is 10.1. The summed E-state index contributed by atoms with van der Waals surface area (Å²) >= 11 is 0. The van der Waals surface area contributed by atoms with Gasteiger partial charge in [-0.15, -0.1) is 0 Å². The van der Waals surface area contributed by atoms with Crippen LogP contribution in [0.2, 0.25) is 0 Å². The molecule has 1 atom stereocenters. The summed E-state index contributed by atoms with van der Waals surface area (Å²) in [6, 6.07) is 0.315. The van der Waals surface area contributed by atoms with E-state index in [9.17, 15) is 0 Å². The van der Waals surface area contributed by atoms with Gasteiger partial charge in [0.15, 0.2) is 0 Å². The molecule has 1 rings (SSSR count). The first-order chi connectivity index (χ1) is 5.61. The molecule has 0 aliphatic carbocycles. The Balaban J connectivity index is 2.51. The maximum atomic E-state index is 5.85. The van der Waals surface area contributed by atoms with Gasteiger partial charge in [-0.3, -0.25) is 0 Å². The van der Waals surface area contributed by atoms with Gasteiger partial charge < -0.3 is 10.6 Å². The molecule has 68 valence electrons. The zero-order valence-corrected chi connectivity index (χ0v) is 7.84. The zero-order chi connectivity index (χ0) is 9.14. The van der Waals surface area contributed by atoms with E-state index in [1.807, 2.05) is 6.92 Å². The van der Waals surface area contributed by atoms with E-state index in [0.29, 0.717) is 6.04 Å². The Morgan fingerprint density at radius 1 is 1.50 bits per heavy atom. The largest absolute Gasteiger partial charge is 0.370 e. The van der Waals surface area contributed by atoms with Crippen LogP contribution < -0.4 is 5.73 Å². The molecule has 1 heterocycles. The van der Waals surface area contributed by atoms with Crippen LogP contribution in [0.15, 0.2) is 24.4 Å². The highest BCUT2D eigenvalue weighted by molar-refractivity contribution is 5.22. The number of nitrogens with zero attached hydrogens (tertiary/aromatic N) is 1. The predicted octanol–water partition coefficient (Wildman–Crippen LogP) is 1.50. The Bertz CT molecular complexity index is 196. The number of rotatable bonds is 2. The SMILES string of the molecule is C=C(C)C(=C)N1CCC[C@@H](N)C1. The molecule has 0 radical (unpaired) electrons. The van der Waals surface area contributed by atoms with Crippen LogP contribution in [0.5, 0.6) is 0 Å². The number of hydrogen-bond donors (Lipinski definition) is 1. The summed E-state index contributed by atoms with van der Waals surface area (Å²) in [6.45, 7) is 11.9. The first-order valence-electron chi connectivity index (χ1n) is 4.46. The molecule has 12 heavy (non-hydrogen) atoms. The summed E-state index contributed by atoms with van der Waals surface area (Å²) in [4.78, 5) is 2.23. The average Bonchev–Trinajstić information content (AvgIpc) is 2.03. The van der Waals surface area contributed by atoms with Crippen molar-refractivity contribution in [1.82, 2.24) is 4.90 Å². The van der Waals surface area contributed by atoms with Crippen LogP contribution in [-0.2, 0) is 0 Å². The molecule has 0 amide bonds. The van der Waals surface area contributed by atoms with E-state index in [1.54, 1.807) is 0 Å². The van der Waals surface area contributed by atoms with E-state index in [4.69, 9.17) is 5.73 Å². The highest BCUT2D eigenvalue weighted by Crippen LogP contribution is 2.16. The highest BCUT2D eigenvalue weighted by atomic mass is 15.2. The molecule has 0 saturated carbocycles. The number of nitrogens with two attached hydrogens (primary N) is 1. The molecule has 2 N–H and O–H groups in total. The molecule has 0 aromatic heterocycles. The standard InChI is InChI=1S/C10H18N2/c1-8(2)9(3)12-6-4-5-10(11)7-12/h10H,1,3-7,11H2,2H3/t10-/m1/s1. The summed E-state index contributed by atoms with van der Waals surface area (Å²) in [7, 11) is 0. The smallest absolute Gasteiger partial charge is 0.0329 e. The maximum absolute atomic E-state index is 5.85. The first kappa shape index (κ1) is 9.33. The quantitative estimate of drug-likeness (QED) is 0.630. The third-order valence-electron chi connectivity index (χ3n) is 2.33. The maximum Gasteiger partial charge on any atom is 0.0329 e. The monoisotopic (exact) mass is 166 g/mol. The summed E-state index contributed by atoms with van der Waals surface area (Å²) in [5, 5.41) is 0. The number of piperidine rings is 1. The molecule has 2 heteroatoms. The van der Waals surface area contributed by atoms with Crippen molar-refractivity contribution in [1.29, 1.82) is 0 Å². The fourth-order valence-corrected chi connectivity index (χ4v) is 1.53. The van der Waals surface area contributed by atoms with Crippen LogP contribution in [-0.4, -0.2) is 24.0 Å². The second kappa shape index (κ2) is 3.76. The summed E-state index contributed by atoms with van der Waals surface area (Å²) in [6.07, 6.45) is 2.31. The third kappa shape index (κ3) is 2.11. The fourth-order valence-electron chi connectivity index (χ4n) is 1.53. The Morgan fingerprint density at radius 3 is 2.67 bits per heavy atom. The van der Waals surface area contributed by atoms with Crippen molar-refractivity contribution in [3.8, 4) is 0 Å². The third-order valence-corrected chi connectivity index (χ3v) is 2.33. The molecule has 1 fully saturated rings. The van der Waals surface area contributed by atoms with Gasteiger partial charge in [-0.2, -0.15) is 0 Å². The Kier molecular flexibility index (Phi) is 2.93. The minimum atomic E-state index is 0.315. The zero-order valence-electron chi connectivity index (χ0n) is 7.84. The first-order valence-corrected chi connectivity index (χ1v) is 4.46. The molecule has 0 unspecified atom stereocenters. The molecule has 1 aliphatic rings. The van der Waals surface area contributed by atoms with Crippen LogP contribution in [0, 0.1) is 0 Å². The van der Waals surface area contributed by atoms with E-state index in [1.165, 1.54) is 6.42 Å². The molecule has 0 spiro atoms. The van der Waals surface area contributed by atoms with Gasteiger partial charge >= 0.3 is 0 Å². The summed E-state index contributed by atoms with van der Waals surface area (Å²) in [5.41, 5.74) is 7.94. The van der Waals surface area contributed by atoms with Crippen molar-refractivity contribution in [2.24, 2.45) is 5.73 Å². The topological polar surface area (TPSA) is 29.3 Å². The van der Waals surface area contributed by atoms with Crippen molar-refractivity contribution < 1.29 is 0 Å². The normalized spacial score (nSPS) is 23.8. The lowest BCUT2D eigenvalue weighted by molar-refractivity contribution is 0.265. The van der Waals surface area contributed by atoms with Gasteiger partial charge in [0.25, 0.3) is 0 Å². The van der Waals surface area contributed by atoms with Gasteiger partial charge in [-0.25, -0.2) is 0 Å². The van der Waals surface area contributed by atoms with Crippen LogP contribution >= 0.6 is 0 Å². The van der Waals surface area contributed by atoms with Gasteiger partial charge in [-0.1, -0.05) is 13.2 Å². The van der Waals surface area contributed by atoms with Gasteiger partial charge in [0, 0.05) is 24.8 Å². The van der Waals surface area contributed by atoms with Gasteiger partial charge in [0.1, 0.15) is 0 Å². The van der Waals surface area contributed by atoms with Crippen molar-refractivity contribution in [2.45, 2.75) is 25.8 Å². The summed E-state index contributed by atoms with van der Waals surface area (Å²) < 4.78 is 0. The van der Waals surface area contributed by atoms with Crippen molar-refractivity contribution >= 4 is 0 Å². The van der Waals surface area contributed by atoms with Gasteiger partial charge in [0.05, 0.1) is 0 Å². The number of hydrogen-bond acceptors (Lipinski definition) is 2. The molecule has 2 nitrogen and oxygen atoms in total. The lowest BCUT2D eigenvalue weighted by Gasteiger charge is -2.34. The van der Waals surface area contributed by atoms with Crippen LogP contribution in [0.25, 0.3) is 0 Å². The van der Waals surface area contributed by atoms with Crippen LogP contribution in [0.3, 0.4) is 0 Å². The highest BCUT2D eigenvalue weighted by Gasteiger charge is 2.17. The van der Waals surface area contributed by atoms with Crippen molar-refractivity contribution in [3.63, 3.8) is 0 Å². The van der Waals surface area contributed by atoms with Crippen molar-refractivity contribution in [2.75, 3.05) is 13.1 Å². The molecule has 1 aliphatic heterocycles. The van der Waals surface area contributed by atoms with E-state index < -0.39 is 0 Å². The minimum absolute atomic E-state index is 0.315. The van der Waals surface area contributed by atoms with Crippen LogP contribution in [0.4, 0.5) is 0 Å². The summed E-state index contributed by atoms with van der Waals surface area (Å²) in [5.74, 6) is 0. The van der Waals surface area contributed by atoms with Gasteiger partial charge in [0.2, 0.25) is 0 Å². The second-order valence-corrected chi connectivity index (χ2v) is 3.58. The fraction of sp³-hybridized carbons (Fsp3) is 0.600. The van der Waals surface area contributed by atoms with E-state index in [2.05, 4.69) is 18.1 Å². The molecular weight excluding hydrogens is 148 g/mol. The van der Waals surface area contributed by atoms with Crippen molar-refractivity contribution in [3.05, 3.63) is 24.4 Å². The molecule has 0 aromatic carbocycles. The van der Waals surface area contributed by atoms with E-state index >= 15 is 0 Å². The Hall–Kier alpha value is -0.760. The average molecular weight is 166 g/mol.